The zero-order valence-electron chi connectivity index (χ0n) is 23.5. The molecule has 0 aromatic carbocycles. The Balaban J connectivity index is 0.000000386. The fourth-order valence-corrected chi connectivity index (χ4v) is 8.91. The van der Waals surface area contributed by atoms with Crippen LogP contribution >= 0.6 is 0 Å². The third-order valence-corrected chi connectivity index (χ3v) is 10.5. The molecule has 208 valence electrons. The third kappa shape index (κ3) is 6.35. The van der Waals surface area contributed by atoms with E-state index in [1.165, 1.54) is 69.9 Å². The molecule has 0 aromatic heterocycles. The molecule has 0 amide bonds. The van der Waals surface area contributed by atoms with Crippen molar-refractivity contribution >= 4 is 5.71 Å². The van der Waals surface area contributed by atoms with Crippen molar-refractivity contribution in [3.63, 3.8) is 0 Å². The van der Waals surface area contributed by atoms with Gasteiger partial charge in [-0.1, -0.05) is 72.3 Å². The molecule has 0 aromatic rings. The summed E-state index contributed by atoms with van der Waals surface area (Å²) in [6.45, 7) is 17.1. The van der Waals surface area contributed by atoms with Crippen molar-refractivity contribution in [2.45, 2.75) is 125 Å². The third-order valence-electron chi connectivity index (χ3n) is 10.5. The predicted octanol–water partition coefficient (Wildman–Crippen LogP) is 7.28. The van der Waals surface area contributed by atoms with E-state index in [1.807, 2.05) is 6.08 Å². The van der Waals surface area contributed by atoms with Crippen LogP contribution in [0.1, 0.15) is 113 Å². The average Bonchev–Trinajstić information content (AvgIpc) is 3.39. The lowest BCUT2D eigenvalue weighted by molar-refractivity contribution is -0.0408. The molecule has 4 fully saturated rings. The minimum Gasteiger partial charge on any atom is -0.392 e. The van der Waals surface area contributed by atoms with Gasteiger partial charge in [0.05, 0.1) is 12.8 Å². The van der Waals surface area contributed by atoms with Crippen molar-refractivity contribution in [1.29, 1.82) is 0 Å². The van der Waals surface area contributed by atoms with Gasteiger partial charge in [0, 0.05) is 24.2 Å². The largest absolute Gasteiger partial charge is 0.392 e. The van der Waals surface area contributed by atoms with Crippen molar-refractivity contribution in [1.82, 2.24) is 5.32 Å². The number of allylic oxidation sites excluding steroid dienone is 3. The summed E-state index contributed by atoms with van der Waals surface area (Å²) in [6, 6.07) is 0.588. The SMILES string of the molecule is C.C=C/C=C1/CCC2C(CCC3(C)C(/C(C)=N/CN)CCC23)C1(C)CCC.CCCC1CC(O)CN1. The van der Waals surface area contributed by atoms with E-state index in [4.69, 9.17) is 10.8 Å². The molecule has 8 unspecified atom stereocenters. The van der Waals surface area contributed by atoms with Crippen molar-refractivity contribution in [3.8, 4) is 0 Å². The Morgan fingerprint density at radius 2 is 1.92 bits per heavy atom. The minimum absolute atomic E-state index is 0. The molecule has 3 aliphatic carbocycles. The normalized spacial score (nSPS) is 41.1. The molecule has 1 saturated heterocycles. The highest BCUT2D eigenvalue weighted by Crippen LogP contribution is 2.66. The standard InChI is InChI=1S/C24H40N2.C7H15NO.CH4/c1-6-8-18-9-10-19-21-12-11-20(17(3)26-16-25)24(21,5)15-13-22(19)23(18,4)14-7-2;1-2-3-6-4-7(9)5-8-6;/h6,8,19-22H,1,7,9-16,25H2,2-5H3;6-9H,2-5H2,1H3;1H4/b18-8-,26-17+;;. The maximum Gasteiger partial charge on any atom is 0.0858 e. The van der Waals surface area contributed by atoms with E-state index >= 15 is 0 Å². The first-order valence-electron chi connectivity index (χ1n) is 14.7. The highest BCUT2D eigenvalue weighted by molar-refractivity contribution is 5.85. The lowest BCUT2D eigenvalue weighted by Crippen LogP contribution is -2.50. The highest BCUT2D eigenvalue weighted by atomic mass is 16.3. The molecule has 1 aliphatic heterocycles. The zero-order valence-corrected chi connectivity index (χ0v) is 23.5. The van der Waals surface area contributed by atoms with Crippen LogP contribution in [0.5, 0.6) is 0 Å². The van der Waals surface area contributed by atoms with E-state index < -0.39 is 0 Å². The molecule has 8 atom stereocenters. The summed E-state index contributed by atoms with van der Waals surface area (Å²) in [5.41, 5.74) is 9.54. The Bertz CT molecular complexity index is 758. The fraction of sp³-hybridized carbons (Fsp3) is 0.844. The first-order valence-corrected chi connectivity index (χ1v) is 14.7. The Kier molecular flexibility index (Phi) is 11.9. The second kappa shape index (κ2) is 13.7. The first-order chi connectivity index (χ1) is 16.7. The zero-order chi connectivity index (χ0) is 25.6. The summed E-state index contributed by atoms with van der Waals surface area (Å²) in [6.07, 6.45) is 18.4. The van der Waals surface area contributed by atoms with E-state index in [-0.39, 0.29) is 13.5 Å². The Morgan fingerprint density at radius 3 is 2.50 bits per heavy atom. The number of aliphatic hydroxyl groups excluding tert-OH is 1. The summed E-state index contributed by atoms with van der Waals surface area (Å²) in [4.78, 5) is 4.62. The molecule has 36 heavy (non-hydrogen) atoms. The molecule has 1 heterocycles. The lowest BCUT2D eigenvalue weighted by atomic mass is 9.47. The van der Waals surface area contributed by atoms with Crippen LogP contribution in [0.2, 0.25) is 0 Å². The predicted molar refractivity (Wildman–Crippen MR) is 157 cm³/mol. The number of aliphatic imine (C=N–C) groups is 1. The van der Waals surface area contributed by atoms with Gasteiger partial charge in [0.1, 0.15) is 0 Å². The summed E-state index contributed by atoms with van der Waals surface area (Å²) in [5, 5.41) is 12.3. The summed E-state index contributed by atoms with van der Waals surface area (Å²) in [5.74, 6) is 3.27. The smallest absolute Gasteiger partial charge is 0.0858 e. The van der Waals surface area contributed by atoms with Crippen LogP contribution in [-0.4, -0.2) is 36.2 Å². The Hall–Kier alpha value is -0.970. The van der Waals surface area contributed by atoms with Crippen LogP contribution in [0, 0.1) is 34.5 Å². The molecule has 4 heteroatoms. The van der Waals surface area contributed by atoms with Gasteiger partial charge in [-0.05, 0) is 93.3 Å². The maximum absolute atomic E-state index is 9.06. The topological polar surface area (TPSA) is 70.6 Å². The van der Waals surface area contributed by atoms with Crippen molar-refractivity contribution in [2.24, 2.45) is 45.2 Å². The number of hydrogen-bond acceptors (Lipinski definition) is 4. The van der Waals surface area contributed by atoms with E-state index in [0.717, 1.165) is 30.7 Å². The van der Waals surface area contributed by atoms with Gasteiger partial charge in [-0.3, -0.25) is 4.99 Å². The second-order valence-electron chi connectivity index (χ2n) is 12.5. The monoisotopic (exact) mass is 501 g/mol. The quantitative estimate of drug-likeness (QED) is 0.321. The number of aliphatic hydroxyl groups is 1. The Morgan fingerprint density at radius 1 is 1.17 bits per heavy atom. The summed E-state index contributed by atoms with van der Waals surface area (Å²) in [7, 11) is 0. The van der Waals surface area contributed by atoms with Crippen molar-refractivity contribution in [3.05, 3.63) is 24.3 Å². The molecule has 4 rings (SSSR count). The van der Waals surface area contributed by atoms with Gasteiger partial charge in [0.15, 0.2) is 0 Å². The first kappa shape index (κ1) is 31.2. The van der Waals surface area contributed by atoms with Crippen LogP contribution < -0.4 is 11.1 Å². The number of nitrogens with two attached hydrogens (primary N) is 1. The number of β-amino-alcohol motifs (C(OH)–C–C–N with tert-alkyl or cyclic N) is 1. The van der Waals surface area contributed by atoms with Crippen LogP contribution in [0.15, 0.2) is 29.3 Å². The molecule has 0 spiro atoms. The van der Waals surface area contributed by atoms with E-state index in [1.54, 1.807) is 5.57 Å². The molecule has 4 aliphatic rings. The molecule has 4 nitrogen and oxygen atoms in total. The van der Waals surface area contributed by atoms with Gasteiger partial charge >= 0.3 is 0 Å². The average molecular weight is 502 g/mol. The van der Waals surface area contributed by atoms with E-state index in [0.29, 0.717) is 29.5 Å². The van der Waals surface area contributed by atoms with Crippen molar-refractivity contribution < 1.29 is 5.11 Å². The number of rotatable bonds is 7. The molecular formula is C32H59N3O. The van der Waals surface area contributed by atoms with E-state index in [9.17, 15) is 0 Å². The molecule has 4 N–H and O–H groups in total. The lowest BCUT2D eigenvalue weighted by Gasteiger charge is -2.57. The van der Waals surface area contributed by atoms with Crippen LogP contribution in [-0.2, 0) is 0 Å². The number of fused-ring (bicyclic) bond motifs is 3. The molecule has 3 saturated carbocycles. The van der Waals surface area contributed by atoms with Gasteiger partial charge < -0.3 is 16.2 Å². The summed E-state index contributed by atoms with van der Waals surface area (Å²) < 4.78 is 0. The number of nitrogens with zero attached hydrogens (tertiary/aromatic N) is 1. The van der Waals surface area contributed by atoms with Crippen LogP contribution in [0.3, 0.4) is 0 Å². The van der Waals surface area contributed by atoms with Crippen LogP contribution in [0.25, 0.3) is 0 Å². The molecule has 0 bridgehead atoms. The maximum atomic E-state index is 9.06. The number of nitrogens with one attached hydrogen (secondary N) is 1. The number of hydrogen-bond donors (Lipinski definition) is 3. The van der Waals surface area contributed by atoms with Crippen LogP contribution in [0.4, 0.5) is 0 Å². The minimum atomic E-state index is -0.0819. The summed E-state index contributed by atoms with van der Waals surface area (Å²) >= 11 is 0. The Labute approximate surface area is 223 Å². The molecular weight excluding hydrogens is 442 g/mol. The highest BCUT2D eigenvalue weighted by Gasteiger charge is 2.58. The van der Waals surface area contributed by atoms with E-state index in [2.05, 4.69) is 57.6 Å². The second-order valence-corrected chi connectivity index (χ2v) is 12.5. The van der Waals surface area contributed by atoms with Crippen molar-refractivity contribution in [2.75, 3.05) is 13.2 Å². The van der Waals surface area contributed by atoms with Gasteiger partial charge in [-0.15, -0.1) is 0 Å². The van der Waals surface area contributed by atoms with Gasteiger partial charge in [0.2, 0.25) is 0 Å². The van der Waals surface area contributed by atoms with Gasteiger partial charge in [-0.2, -0.15) is 0 Å². The van der Waals surface area contributed by atoms with Gasteiger partial charge in [-0.25, -0.2) is 0 Å². The fourth-order valence-electron chi connectivity index (χ4n) is 8.91. The molecule has 0 radical (unpaired) electrons. The van der Waals surface area contributed by atoms with Gasteiger partial charge in [0.25, 0.3) is 0 Å².